The molecule has 0 aromatic carbocycles. The summed E-state index contributed by atoms with van der Waals surface area (Å²) < 4.78 is 2.88. The lowest BCUT2D eigenvalue weighted by Gasteiger charge is -2.14. The van der Waals surface area contributed by atoms with Crippen molar-refractivity contribution in [2.75, 3.05) is 7.05 Å². The first-order chi connectivity index (χ1) is 7.70. The lowest BCUT2D eigenvalue weighted by molar-refractivity contribution is 0.541. The third kappa shape index (κ3) is 2.45. The fourth-order valence-electron chi connectivity index (χ4n) is 1.70. The molecule has 3 nitrogen and oxygen atoms in total. The molecule has 86 valence electrons. The summed E-state index contributed by atoms with van der Waals surface area (Å²) in [5.74, 6) is 1.05. The maximum absolute atomic E-state index is 5.92. The monoisotopic (exact) mass is 255 g/mol. The van der Waals surface area contributed by atoms with E-state index in [1.54, 1.807) is 11.3 Å². The van der Waals surface area contributed by atoms with E-state index in [1.807, 2.05) is 37.1 Å². The Morgan fingerprint density at radius 1 is 1.56 bits per heavy atom. The Hall–Kier alpha value is -0.840. The Kier molecular flexibility index (Phi) is 3.63. The van der Waals surface area contributed by atoms with Crippen LogP contribution in [-0.4, -0.2) is 16.6 Å². The molecule has 2 rings (SSSR count). The molecule has 0 saturated heterocycles. The molecule has 0 aliphatic heterocycles. The summed E-state index contributed by atoms with van der Waals surface area (Å²) in [7, 11) is 3.96. The molecule has 0 fully saturated rings. The van der Waals surface area contributed by atoms with Crippen molar-refractivity contribution in [3.05, 3.63) is 39.6 Å². The van der Waals surface area contributed by atoms with Crippen LogP contribution in [0.5, 0.6) is 0 Å². The van der Waals surface area contributed by atoms with Gasteiger partial charge >= 0.3 is 0 Å². The number of imidazole rings is 1. The molecule has 2 aromatic heterocycles. The maximum atomic E-state index is 5.92. The first-order valence-electron chi connectivity index (χ1n) is 5.09. The van der Waals surface area contributed by atoms with Crippen LogP contribution in [0.1, 0.15) is 16.7 Å². The van der Waals surface area contributed by atoms with E-state index < -0.39 is 0 Å². The number of hydrogen-bond acceptors (Lipinski definition) is 3. The molecule has 0 saturated carbocycles. The maximum Gasteiger partial charge on any atom is 0.125 e. The molecule has 16 heavy (non-hydrogen) atoms. The zero-order valence-electron chi connectivity index (χ0n) is 9.27. The Morgan fingerprint density at radius 2 is 2.38 bits per heavy atom. The minimum Gasteiger partial charge on any atom is -0.337 e. The number of hydrogen-bond donors (Lipinski definition) is 1. The number of aromatic nitrogens is 2. The van der Waals surface area contributed by atoms with Crippen LogP contribution in [0.15, 0.2) is 24.5 Å². The summed E-state index contributed by atoms with van der Waals surface area (Å²) in [5.41, 5.74) is 0. The van der Waals surface area contributed by atoms with Gasteiger partial charge in [0.1, 0.15) is 5.82 Å². The third-order valence-corrected chi connectivity index (χ3v) is 3.81. The van der Waals surface area contributed by atoms with Crippen molar-refractivity contribution in [3.8, 4) is 0 Å². The van der Waals surface area contributed by atoms with Crippen LogP contribution >= 0.6 is 22.9 Å². The molecular weight excluding hydrogens is 242 g/mol. The molecule has 2 aromatic rings. The van der Waals surface area contributed by atoms with Crippen molar-refractivity contribution < 1.29 is 0 Å². The number of aryl methyl sites for hydroxylation is 1. The fourth-order valence-corrected chi connectivity index (χ4v) is 2.83. The quantitative estimate of drug-likeness (QED) is 0.910. The van der Waals surface area contributed by atoms with Gasteiger partial charge in [0.2, 0.25) is 0 Å². The molecule has 5 heteroatoms. The van der Waals surface area contributed by atoms with Crippen molar-refractivity contribution in [1.82, 2.24) is 14.9 Å². The van der Waals surface area contributed by atoms with Crippen molar-refractivity contribution in [2.24, 2.45) is 7.05 Å². The number of nitrogens with one attached hydrogen (secondary N) is 1. The summed E-state index contributed by atoms with van der Waals surface area (Å²) in [5, 5.41) is 3.28. The predicted octanol–water partition coefficient (Wildman–Crippen LogP) is 2.64. The van der Waals surface area contributed by atoms with Gasteiger partial charge in [-0.1, -0.05) is 11.6 Å². The molecule has 0 bridgehead atoms. The van der Waals surface area contributed by atoms with Crippen LogP contribution < -0.4 is 5.32 Å². The number of thiophene rings is 1. The minimum atomic E-state index is 0.231. The zero-order chi connectivity index (χ0) is 11.5. The second-order valence-corrected chi connectivity index (χ2v) is 5.45. The molecular formula is C11H14ClN3S. The summed E-state index contributed by atoms with van der Waals surface area (Å²) in [6.45, 7) is 0. The second-order valence-electron chi connectivity index (χ2n) is 3.65. The van der Waals surface area contributed by atoms with E-state index in [4.69, 9.17) is 11.6 Å². The minimum absolute atomic E-state index is 0.231. The molecule has 1 N–H and O–H groups in total. The Morgan fingerprint density at radius 3 is 2.88 bits per heavy atom. The van der Waals surface area contributed by atoms with Gasteiger partial charge < -0.3 is 9.88 Å². The third-order valence-electron chi connectivity index (χ3n) is 2.55. The van der Waals surface area contributed by atoms with Gasteiger partial charge in [0.25, 0.3) is 0 Å². The van der Waals surface area contributed by atoms with E-state index >= 15 is 0 Å². The summed E-state index contributed by atoms with van der Waals surface area (Å²) >= 11 is 7.54. The van der Waals surface area contributed by atoms with Crippen LogP contribution in [-0.2, 0) is 13.5 Å². The van der Waals surface area contributed by atoms with Crippen LogP contribution in [0.3, 0.4) is 0 Å². The summed E-state index contributed by atoms with van der Waals surface area (Å²) in [6.07, 6.45) is 4.70. The number of halogens is 1. The number of likely N-dealkylation sites (N-methyl/N-ethyl adjacent to an activating group) is 1. The molecule has 0 spiro atoms. The Balaban J connectivity index is 2.15. The topological polar surface area (TPSA) is 29.9 Å². The highest BCUT2D eigenvalue weighted by Crippen LogP contribution is 2.25. The van der Waals surface area contributed by atoms with E-state index in [9.17, 15) is 0 Å². The lowest BCUT2D eigenvalue weighted by Crippen LogP contribution is -2.21. The Labute approximate surface area is 104 Å². The van der Waals surface area contributed by atoms with E-state index in [0.717, 1.165) is 16.6 Å². The second kappa shape index (κ2) is 4.99. The fraction of sp³-hybridized carbons (Fsp3) is 0.364. The first kappa shape index (κ1) is 11.6. The normalized spacial score (nSPS) is 12.9. The van der Waals surface area contributed by atoms with Gasteiger partial charge in [-0.2, -0.15) is 0 Å². The van der Waals surface area contributed by atoms with Gasteiger partial charge in [0.15, 0.2) is 0 Å². The van der Waals surface area contributed by atoms with Crippen molar-refractivity contribution in [2.45, 2.75) is 12.5 Å². The SMILES string of the molecule is CNC(Cc1ccc(Cl)s1)c1nccn1C. The zero-order valence-corrected chi connectivity index (χ0v) is 10.8. The average Bonchev–Trinajstić information content (AvgIpc) is 2.84. The van der Waals surface area contributed by atoms with E-state index in [-0.39, 0.29) is 6.04 Å². The van der Waals surface area contributed by atoms with Crippen molar-refractivity contribution >= 4 is 22.9 Å². The average molecular weight is 256 g/mol. The number of rotatable bonds is 4. The van der Waals surface area contributed by atoms with E-state index in [1.165, 1.54) is 4.88 Å². The molecule has 1 atom stereocenters. The molecule has 0 amide bonds. The predicted molar refractivity (Wildman–Crippen MR) is 68.0 cm³/mol. The van der Waals surface area contributed by atoms with Crippen molar-refractivity contribution in [3.63, 3.8) is 0 Å². The highest BCUT2D eigenvalue weighted by atomic mass is 35.5. The van der Waals surface area contributed by atoms with Gasteiger partial charge in [-0.25, -0.2) is 4.98 Å². The molecule has 0 radical (unpaired) electrons. The summed E-state index contributed by atoms with van der Waals surface area (Å²) in [4.78, 5) is 5.63. The van der Waals surface area contributed by atoms with Crippen molar-refractivity contribution in [1.29, 1.82) is 0 Å². The van der Waals surface area contributed by atoms with Crippen LogP contribution in [0.2, 0.25) is 4.34 Å². The molecule has 0 aliphatic rings. The summed E-state index contributed by atoms with van der Waals surface area (Å²) in [6, 6.07) is 4.24. The standard InChI is InChI=1S/C11H14ClN3S/c1-13-9(11-14-5-6-15(11)2)7-8-3-4-10(12)16-8/h3-6,9,13H,7H2,1-2H3. The van der Waals surface area contributed by atoms with Gasteiger partial charge in [0, 0.05) is 30.7 Å². The van der Waals surface area contributed by atoms with Gasteiger partial charge in [-0.15, -0.1) is 11.3 Å². The van der Waals surface area contributed by atoms with Crippen LogP contribution in [0.25, 0.3) is 0 Å². The highest BCUT2D eigenvalue weighted by molar-refractivity contribution is 7.16. The Bertz CT molecular complexity index is 463. The van der Waals surface area contributed by atoms with Gasteiger partial charge in [-0.05, 0) is 19.2 Å². The van der Waals surface area contributed by atoms with Gasteiger partial charge in [0.05, 0.1) is 10.4 Å². The van der Waals surface area contributed by atoms with Crippen LogP contribution in [0.4, 0.5) is 0 Å². The van der Waals surface area contributed by atoms with Gasteiger partial charge in [-0.3, -0.25) is 0 Å². The molecule has 1 unspecified atom stereocenters. The lowest BCUT2D eigenvalue weighted by atomic mass is 10.1. The van der Waals surface area contributed by atoms with E-state index in [0.29, 0.717) is 0 Å². The number of nitrogens with zero attached hydrogens (tertiary/aromatic N) is 2. The largest absolute Gasteiger partial charge is 0.337 e. The van der Waals surface area contributed by atoms with E-state index in [2.05, 4.69) is 16.4 Å². The van der Waals surface area contributed by atoms with Crippen LogP contribution in [0, 0.1) is 0 Å². The smallest absolute Gasteiger partial charge is 0.125 e. The first-order valence-corrected chi connectivity index (χ1v) is 6.29. The molecule has 0 aliphatic carbocycles. The highest BCUT2D eigenvalue weighted by Gasteiger charge is 2.15. The molecule has 2 heterocycles.